The summed E-state index contributed by atoms with van der Waals surface area (Å²) >= 11 is 6.06. The van der Waals surface area contributed by atoms with Crippen molar-refractivity contribution >= 4 is 11.6 Å². The Morgan fingerprint density at radius 2 is 1.81 bits per heavy atom. The van der Waals surface area contributed by atoms with E-state index in [1.165, 1.54) is 5.56 Å². The van der Waals surface area contributed by atoms with E-state index in [1.54, 1.807) is 19.6 Å². The number of likely N-dealkylation sites (tertiary alicyclic amines) is 1. The van der Waals surface area contributed by atoms with Gasteiger partial charge >= 0.3 is 0 Å². The minimum absolute atomic E-state index is 0.267. The maximum atomic E-state index is 6.06. The molecule has 2 aromatic carbocycles. The lowest BCUT2D eigenvalue weighted by atomic mass is 9.91. The van der Waals surface area contributed by atoms with Gasteiger partial charge in [0.05, 0.1) is 12.9 Å². The average Bonchev–Trinajstić information content (AvgIpc) is 3.33. The first kappa shape index (κ1) is 22.6. The van der Waals surface area contributed by atoms with Crippen LogP contribution < -0.4 is 9.47 Å². The van der Waals surface area contributed by atoms with Crippen LogP contribution in [0.5, 0.6) is 11.5 Å². The van der Waals surface area contributed by atoms with Crippen LogP contribution in [0.4, 0.5) is 0 Å². The highest BCUT2D eigenvalue weighted by Crippen LogP contribution is 2.29. The zero-order valence-electron chi connectivity index (χ0n) is 18.5. The molecule has 4 rings (SSSR count). The second-order valence-electron chi connectivity index (χ2n) is 8.21. The Labute approximate surface area is 194 Å². The van der Waals surface area contributed by atoms with Gasteiger partial charge in [-0.3, -0.25) is 4.90 Å². The van der Waals surface area contributed by atoms with Crippen LogP contribution in [0.25, 0.3) is 0 Å². The quantitative estimate of drug-likeness (QED) is 0.444. The number of benzene rings is 2. The van der Waals surface area contributed by atoms with E-state index in [0.717, 1.165) is 50.5 Å². The Bertz CT molecular complexity index is 972. The predicted octanol–water partition coefficient (Wildman–Crippen LogP) is 4.68. The summed E-state index contributed by atoms with van der Waals surface area (Å²) in [5, 5.41) is 0.678. The van der Waals surface area contributed by atoms with Gasteiger partial charge in [0.2, 0.25) is 0 Å². The zero-order valence-corrected chi connectivity index (χ0v) is 19.2. The fourth-order valence-corrected chi connectivity index (χ4v) is 4.16. The fraction of sp³-hybridized carbons (Fsp3) is 0.400. The molecule has 0 spiro atoms. The molecule has 1 aromatic heterocycles. The Hall–Kier alpha value is -2.54. The number of piperidine rings is 1. The van der Waals surface area contributed by atoms with Crippen LogP contribution in [0.1, 0.15) is 18.4 Å². The highest BCUT2D eigenvalue weighted by molar-refractivity contribution is 6.30. The maximum absolute atomic E-state index is 6.06. The molecule has 3 aromatic rings. The van der Waals surface area contributed by atoms with Crippen molar-refractivity contribution in [2.75, 3.05) is 33.4 Å². The molecule has 170 valence electrons. The minimum Gasteiger partial charge on any atom is -0.492 e. The smallest absolute Gasteiger partial charge is 0.120 e. The van der Waals surface area contributed by atoms with Crippen LogP contribution >= 0.6 is 11.6 Å². The van der Waals surface area contributed by atoms with Gasteiger partial charge in [-0.1, -0.05) is 29.8 Å². The van der Waals surface area contributed by atoms with Crippen molar-refractivity contribution in [2.24, 2.45) is 0 Å². The molecule has 0 atom stereocenters. The average molecular weight is 456 g/mol. The van der Waals surface area contributed by atoms with Gasteiger partial charge in [-0.25, -0.2) is 4.98 Å². The summed E-state index contributed by atoms with van der Waals surface area (Å²) in [6.07, 6.45) is 7.36. The molecule has 1 fully saturated rings. The van der Waals surface area contributed by atoms with Crippen molar-refractivity contribution in [3.63, 3.8) is 0 Å². The molecule has 7 heteroatoms. The van der Waals surface area contributed by atoms with Crippen LogP contribution in [0.15, 0.2) is 67.3 Å². The predicted molar refractivity (Wildman–Crippen MR) is 125 cm³/mol. The monoisotopic (exact) mass is 455 g/mol. The van der Waals surface area contributed by atoms with Crippen LogP contribution in [-0.4, -0.2) is 53.5 Å². The van der Waals surface area contributed by atoms with Crippen LogP contribution in [-0.2, 0) is 17.8 Å². The second kappa shape index (κ2) is 10.9. The molecule has 0 aliphatic carbocycles. The third-order valence-corrected chi connectivity index (χ3v) is 6.22. The van der Waals surface area contributed by atoms with Gasteiger partial charge < -0.3 is 18.8 Å². The molecule has 2 heterocycles. The van der Waals surface area contributed by atoms with E-state index in [9.17, 15) is 0 Å². The molecule has 0 radical (unpaired) electrons. The first-order valence-corrected chi connectivity index (χ1v) is 11.4. The standard InChI is InChI=1S/C25H30ClN3O3/c1-30-25(19-32-24-7-3-5-22(26)17-24)8-11-28(12-9-25)18-21-4-2-6-23(16-21)31-15-14-29-13-10-27-20-29/h2-7,10,13,16-17,20H,8-9,11-12,14-15,18-19H2,1H3. The van der Waals surface area contributed by atoms with E-state index in [0.29, 0.717) is 18.2 Å². The lowest BCUT2D eigenvalue weighted by Gasteiger charge is -2.40. The van der Waals surface area contributed by atoms with Gasteiger partial charge in [-0.15, -0.1) is 0 Å². The van der Waals surface area contributed by atoms with Crippen molar-refractivity contribution in [1.82, 2.24) is 14.5 Å². The second-order valence-corrected chi connectivity index (χ2v) is 8.64. The third kappa shape index (κ3) is 6.25. The first-order valence-electron chi connectivity index (χ1n) is 11.0. The first-order chi connectivity index (χ1) is 15.6. The van der Waals surface area contributed by atoms with E-state index in [1.807, 2.05) is 41.1 Å². The lowest BCUT2D eigenvalue weighted by molar-refractivity contribution is -0.0839. The van der Waals surface area contributed by atoms with Crippen LogP contribution in [0.3, 0.4) is 0 Å². The van der Waals surface area contributed by atoms with Crippen LogP contribution in [0.2, 0.25) is 5.02 Å². The normalized spacial score (nSPS) is 16.1. The Balaban J connectivity index is 1.25. The van der Waals surface area contributed by atoms with E-state index >= 15 is 0 Å². The lowest BCUT2D eigenvalue weighted by Crippen LogP contribution is -2.48. The van der Waals surface area contributed by atoms with Crippen molar-refractivity contribution in [2.45, 2.75) is 31.5 Å². The summed E-state index contributed by atoms with van der Waals surface area (Å²) < 4.78 is 19.9. The summed E-state index contributed by atoms with van der Waals surface area (Å²) in [6.45, 7) is 4.74. The molecule has 1 aliphatic rings. The number of rotatable bonds is 10. The molecular formula is C25H30ClN3O3. The highest BCUT2D eigenvalue weighted by atomic mass is 35.5. The molecular weight excluding hydrogens is 426 g/mol. The van der Waals surface area contributed by atoms with Gasteiger partial charge in [0.25, 0.3) is 0 Å². The molecule has 1 aliphatic heterocycles. The van der Waals surface area contributed by atoms with E-state index < -0.39 is 0 Å². The van der Waals surface area contributed by atoms with E-state index in [4.69, 9.17) is 25.8 Å². The molecule has 0 bridgehead atoms. The largest absolute Gasteiger partial charge is 0.492 e. The van der Waals surface area contributed by atoms with Crippen molar-refractivity contribution in [1.29, 1.82) is 0 Å². The van der Waals surface area contributed by atoms with Crippen molar-refractivity contribution in [3.05, 3.63) is 77.8 Å². The zero-order chi connectivity index (χ0) is 22.2. The van der Waals surface area contributed by atoms with Crippen LogP contribution in [0, 0.1) is 0 Å². The van der Waals surface area contributed by atoms with E-state index in [2.05, 4.69) is 28.1 Å². The van der Waals surface area contributed by atoms with Crippen molar-refractivity contribution < 1.29 is 14.2 Å². The van der Waals surface area contributed by atoms with Crippen molar-refractivity contribution in [3.8, 4) is 11.5 Å². The molecule has 0 saturated carbocycles. The Kier molecular flexibility index (Phi) is 7.68. The summed E-state index contributed by atoms with van der Waals surface area (Å²) in [5.41, 5.74) is 0.988. The maximum Gasteiger partial charge on any atom is 0.120 e. The highest BCUT2D eigenvalue weighted by Gasteiger charge is 2.35. The number of halogens is 1. The van der Waals surface area contributed by atoms with E-state index in [-0.39, 0.29) is 5.60 Å². The molecule has 0 unspecified atom stereocenters. The summed E-state index contributed by atoms with van der Waals surface area (Å²) in [6, 6.07) is 15.9. The molecule has 32 heavy (non-hydrogen) atoms. The van der Waals surface area contributed by atoms with Gasteiger partial charge in [0.1, 0.15) is 30.3 Å². The number of hydrogen-bond donors (Lipinski definition) is 0. The van der Waals surface area contributed by atoms with Gasteiger partial charge in [0, 0.05) is 44.2 Å². The number of nitrogens with zero attached hydrogens (tertiary/aromatic N) is 3. The Morgan fingerprint density at radius 3 is 2.53 bits per heavy atom. The Morgan fingerprint density at radius 1 is 1.03 bits per heavy atom. The third-order valence-electron chi connectivity index (χ3n) is 5.98. The SMILES string of the molecule is COC1(COc2cccc(Cl)c2)CCN(Cc2cccc(OCCn3ccnc3)c2)CC1. The summed E-state index contributed by atoms with van der Waals surface area (Å²) in [7, 11) is 1.78. The number of imidazole rings is 1. The molecule has 1 saturated heterocycles. The summed E-state index contributed by atoms with van der Waals surface area (Å²) in [4.78, 5) is 6.51. The van der Waals surface area contributed by atoms with Gasteiger partial charge in [0.15, 0.2) is 0 Å². The number of methoxy groups -OCH3 is 1. The molecule has 6 nitrogen and oxygen atoms in total. The summed E-state index contributed by atoms with van der Waals surface area (Å²) in [5.74, 6) is 1.68. The fourth-order valence-electron chi connectivity index (χ4n) is 3.98. The number of hydrogen-bond acceptors (Lipinski definition) is 5. The topological polar surface area (TPSA) is 48.8 Å². The van der Waals surface area contributed by atoms with Gasteiger partial charge in [-0.05, 0) is 48.7 Å². The molecule has 0 N–H and O–H groups in total. The number of aromatic nitrogens is 2. The molecule has 0 amide bonds. The minimum atomic E-state index is -0.267. The van der Waals surface area contributed by atoms with Gasteiger partial charge in [-0.2, -0.15) is 0 Å². The number of ether oxygens (including phenoxy) is 3.